The maximum atomic E-state index is 9.91. The van der Waals surface area contributed by atoms with Crippen molar-refractivity contribution in [3.05, 3.63) is 0 Å². The third-order valence-electron chi connectivity index (χ3n) is 0. The van der Waals surface area contributed by atoms with Crippen molar-refractivity contribution in [1.82, 2.24) is 3.41 Å². The van der Waals surface area contributed by atoms with Crippen molar-refractivity contribution in [3.8, 4) is 0 Å². The molecular weight excluding hydrogens is 267 g/mol. The zero-order chi connectivity index (χ0) is 9.12. The molecule has 0 saturated heterocycles. The van der Waals surface area contributed by atoms with Gasteiger partial charge < -0.3 is 0 Å². The Labute approximate surface area is 63.6 Å². The molecule has 64 valence electrons. The second kappa shape index (κ2) is 2.41. The molecule has 1 nitrogen and oxygen atoms in total. The molecule has 0 amide bonds. The first-order chi connectivity index (χ1) is 3.86. The Morgan fingerprint density at radius 2 is 0.800 bits per heavy atom. The summed E-state index contributed by atoms with van der Waals surface area (Å²) in [5, 5.41) is 0. The van der Waals surface area contributed by atoms with Crippen LogP contribution >= 0.6 is 0 Å². The van der Waals surface area contributed by atoms with Gasteiger partial charge in [0.05, 0.1) is 0 Å². The molecule has 0 aliphatic rings. The maximum Gasteiger partial charge on any atom is 0.445 e. The molecule has 0 aromatic carbocycles. The molecule has 0 spiro atoms. The average Bonchev–Trinajstić information content (AvgIpc) is 1.20. The van der Waals surface area contributed by atoms with Crippen molar-refractivity contribution < 1.29 is 20.8 Å². The Balaban J connectivity index is 0. The molecule has 0 bridgehead atoms. The van der Waals surface area contributed by atoms with Crippen LogP contribution in [-0.2, 0) is 24.9 Å². The summed E-state index contributed by atoms with van der Waals surface area (Å²) >= 11 is -3.40. The van der Waals surface area contributed by atoms with Crippen LogP contribution in [0.25, 0.3) is 0 Å². The van der Waals surface area contributed by atoms with Crippen molar-refractivity contribution in [2.24, 2.45) is 0 Å². The summed E-state index contributed by atoms with van der Waals surface area (Å²) in [6.45, 7) is 0. The summed E-state index contributed by atoms with van der Waals surface area (Å²) in [6, 6.07) is 0. The zero-order valence-corrected chi connectivity index (χ0v) is 7.49. The van der Waals surface area contributed by atoms with E-state index in [1.807, 2.05) is 0 Å². The Hall–Kier alpha value is 0.288. The quantitative estimate of drug-likeness (QED) is 0.376. The summed E-state index contributed by atoms with van der Waals surface area (Å²) in [5.41, 5.74) is 0. The topological polar surface area (TPSA) is 14.1 Å². The van der Waals surface area contributed by atoms with Crippen LogP contribution in [0.1, 0.15) is 0 Å². The molecule has 10 heavy (non-hydrogen) atoms. The van der Waals surface area contributed by atoms with E-state index in [-0.39, 0.29) is 0 Å². The van der Waals surface area contributed by atoms with Crippen molar-refractivity contribution in [1.29, 1.82) is 0 Å². The number of rotatable bonds is 0. The second-order valence-electron chi connectivity index (χ2n) is 1.03. The monoisotopic (exact) mass is 267 g/mol. The summed E-state index contributed by atoms with van der Waals surface area (Å²) in [6.07, 6.45) is 0. The Morgan fingerprint density at radius 3 is 0.800 bits per heavy atom. The first-order valence-corrected chi connectivity index (χ1v) is 6.37. The average molecular weight is 267 g/mol. The second-order valence-corrected chi connectivity index (χ2v) is 5.65. The van der Waals surface area contributed by atoms with Gasteiger partial charge in [0, 0.05) is 0 Å². The van der Waals surface area contributed by atoms with Crippen LogP contribution < -0.4 is 3.41 Å². The van der Waals surface area contributed by atoms with Gasteiger partial charge in [-0.05, 0) is 0 Å². The van der Waals surface area contributed by atoms with Gasteiger partial charge in [0.1, 0.15) is 3.41 Å². The molecule has 0 atom stereocenters. The Morgan fingerprint density at radius 1 is 0.800 bits per heavy atom. The summed E-state index contributed by atoms with van der Waals surface area (Å²) < 4.78 is 62.1. The molecule has 0 rings (SSSR count). The predicted molar refractivity (Wildman–Crippen MR) is 29.3 cm³/mol. The first-order valence-electron chi connectivity index (χ1n) is 1.38. The minimum absolute atomic E-state index is 2.67. The van der Waals surface area contributed by atoms with Crippen LogP contribution in [0, 0.1) is 0 Å². The van der Waals surface area contributed by atoms with E-state index in [4.69, 9.17) is 0 Å². The van der Waals surface area contributed by atoms with Crippen LogP contribution in [0.2, 0.25) is 0 Å². The molecule has 0 aliphatic heterocycles. The van der Waals surface area contributed by atoms with E-state index in [1.165, 1.54) is 0 Å². The molecule has 0 N–H and O–H groups in total. The zero-order valence-electron chi connectivity index (χ0n) is 3.98. The largest absolute Gasteiger partial charge is 0.445 e. The van der Waals surface area contributed by atoms with Crippen LogP contribution in [0.15, 0.2) is 0 Å². The van der Waals surface area contributed by atoms with Crippen LogP contribution in [0.3, 0.4) is 0 Å². The van der Waals surface area contributed by atoms with Gasteiger partial charge in [-0.15, -0.1) is 0 Å². The molecule has 0 heterocycles. The fourth-order valence-electron chi connectivity index (χ4n) is 0. The fraction of sp³-hybridized carbons (Fsp3) is 0. The number of nitrogens with zero attached hydrogens (tertiary/aromatic N) is 1. The third-order valence-corrected chi connectivity index (χ3v) is 0. The van der Waals surface area contributed by atoms with Crippen LogP contribution in [0.4, 0.5) is 20.8 Å². The van der Waals surface area contributed by atoms with Gasteiger partial charge in [0.2, 0.25) is 0 Å². The fourth-order valence-corrected chi connectivity index (χ4v) is 0. The van der Waals surface area contributed by atoms with Crippen LogP contribution in [-0.4, -0.2) is 14.2 Å². The van der Waals surface area contributed by atoms with Crippen molar-refractivity contribution in [3.63, 3.8) is 0 Å². The summed E-state index contributed by atoms with van der Waals surface area (Å²) in [7, 11) is 0. The minimum Gasteiger partial charge on any atom is 0.111 e. The number of halogens is 6. The van der Waals surface area contributed by atoms with Gasteiger partial charge in [0.15, 0.2) is 0 Å². The van der Waals surface area contributed by atoms with E-state index in [9.17, 15) is 20.8 Å². The number of hydrogen-bond donors (Lipinski definition) is 0. The molecule has 0 saturated carbocycles. The van der Waals surface area contributed by atoms with E-state index in [0.717, 1.165) is 0 Å². The Bertz CT molecular complexity index is 132. The maximum absolute atomic E-state index is 11.1. The molecule has 10 heteroatoms. The molecule has 0 unspecified atom stereocenters. The molecular formula is AsF6NS2. The van der Waals surface area contributed by atoms with Gasteiger partial charge in [-0.2, -0.15) is 0 Å². The van der Waals surface area contributed by atoms with E-state index in [1.54, 1.807) is 0 Å². The molecule has 0 aromatic heterocycles. The minimum atomic E-state index is -11.1. The van der Waals surface area contributed by atoms with E-state index >= 15 is 0 Å². The van der Waals surface area contributed by atoms with Crippen molar-refractivity contribution in [2.75, 3.05) is 0 Å². The van der Waals surface area contributed by atoms with Gasteiger partial charge >= 0.3 is 59.8 Å². The smallest absolute Gasteiger partial charge is 0.111 e. The van der Waals surface area contributed by atoms with Gasteiger partial charge in [-0.3, -0.25) is 0 Å². The summed E-state index contributed by atoms with van der Waals surface area (Å²) in [4.78, 5) is 0. The summed E-state index contributed by atoms with van der Waals surface area (Å²) in [5.74, 6) is 0. The van der Waals surface area contributed by atoms with E-state index < -0.39 is 14.2 Å². The molecule has 0 radical (unpaired) electrons. The third kappa shape index (κ3) is 5290. The standard InChI is InChI=1S/AsF6.NS2/c2-1(3,4,5,6)7;2-1-3/q-1;+1. The van der Waals surface area contributed by atoms with Crippen molar-refractivity contribution in [2.45, 2.75) is 0 Å². The van der Waals surface area contributed by atoms with E-state index in [0.29, 0.717) is 0 Å². The first kappa shape index (κ1) is 12.9. The Kier molecular flexibility index (Phi) is 3.11. The molecule has 0 aliphatic carbocycles. The molecule has 0 aromatic rings. The van der Waals surface area contributed by atoms with Gasteiger partial charge in [-0.1, -0.05) is 0 Å². The molecule has 0 fully saturated rings. The normalized spacial score (nSPS) is 17.0. The van der Waals surface area contributed by atoms with Gasteiger partial charge in [-0.25, -0.2) is 0 Å². The van der Waals surface area contributed by atoms with Crippen molar-refractivity contribution >= 4 is 39.0 Å². The van der Waals surface area contributed by atoms with Gasteiger partial charge in [0.25, 0.3) is 0 Å². The SMILES string of the molecule is F[As-](F)(F)(F)(F)F.S=[N+]=S. The number of hydrogen-bond acceptors (Lipinski definition) is 2. The van der Waals surface area contributed by atoms with Crippen LogP contribution in [0.5, 0.6) is 0 Å². The van der Waals surface area contributed by atoms with E-state index in [2.05, 4.69) is 28.3 Å². The predicted octanol–water partition coefficient (Wildman–Crippen LogP) is 1.66.